The summed E-state index contributed by atoms with van der Waals surface area (Å²) < 4.78 is 0.794. The Morgan fingerprint density at radius 1 is 1.50 bits per heavy atom. The van der Waals surface area contributed by atoms with Gasteiger partial charge in [-0.3, -0.25) is 5.43 Å². The number of aryl methyl sites for hydroxylation is 1. The molecule has 18 heavy (non-hydrogen) atoms. The minimum atomic E-state index is 0.409. The highest BCUT2D eigenvalue weighted by Crippen LogP contribution is 2.25. The van der Waals surface area contributed by atoms with Gasteiger partial charge in [-0.05, 0) is 19.1 Å². The first-order chi connectivity index (χ1) is 8.60. The Labute approximate surface area is 115 Å². The first-order valence-electron chi connectivity index (χ1n) is 5.35. The van der Waals surface area contributed by atoms with Crippen LogP contribution in [0.3, 0.4) is 0 Å². The summed E-state index contributed by atoms with van der Waals surface area (Å²) >= 11 is 7.48. The molecular weight excluding hydrogens is 270 g/mol. The molecule has 2 heterocycles. The fraction of sp³-hybridized carbons (Fsp3) is 0.273. The van der Waals surface area contributed by atoms with Gasteiger partial charge in [-0.15, -0.1) is 11.3 Å². The van der Waals surface area contributed by atoms with Crippen LogP contribution in [0, 0.1) is 6.92 Å². The number of nitrogens with one attached hydrogen (secondary N) is 1. The molecule has 0 radical (unpaired) electrons. The number of hydrazine groups is 1. The van der Waals surface area contributed by atoms with Crippen LogP contribution in [-0.4, -0.2) is 17.0 Å². The van der Waals surface area contributed by atoms with Gasteiger partial charge in [-0.25, -0.2) is 10.8 Å². The fourth-order valence-corrected chi connectivity index (χ4v) is 2.78. The zero-order valence-electron chi connectivity index (χ0n) is 10.1. The SMILES string of the molecule is Cc1cnc(NN)nc1N(C)Cc1ccc(Cl)s1. The smallest absolute Gasteiger partial charge is 0.239 e. The molecule has 2 aromatic rings. The molecule has 2 aromatic heterocycles. The van der Waals surface area contributed by atoms with Gasteiger partial charge >= 0.3 is 0 Å². The van der Waals surface area contributed by atoms with E-state index in [4.69, 9.17) is 17.4 Å². The molecule has 3 N–H and O–H groups in total. The van der Waals surface area contributed by atoms with Gasteiger partial charge in [0.15, 0.2) is 0 Å². The van der Waals surface area contributed by atoms with Crippen molar-refractivity contribution in [3.63, 3.8) is 0 Å². The summed E-state index contributed by atoms with van der Waals surface area (Å²) in [6, 6.07) is 3.91. The lowest BCUT2D eigenvalue weighted by Crippen LogP contribution is -2.20. The van der Waals surface area contributed by atoms with E-state index in [-0.39, 0.29) is 0 Å². The highest BCUT2D eigenvalue weighted by molar-refractivity contribution is 7.16. The van der Waals surface area contributed by atoms with E-state index in [0.29, 0.717) is 5.95 Å². The van der Waals surface area contributed by atoms with Crippen molar-refractivity contribution in [3.05, 3.63) is 33.1 Å². The van der Waals surface area contributed by atoms with Crippen molar-refractivity contribution in [2.24, 2.45) is 5.84 Å². The van der Waals surface area contributed by atoms with Gasteiger partial charge in [0.1, 0.15) is 5.82 Å². The molecular formula is C11H14ClN5S. The topological polar surface area (TPSA) is 67.1 Å². The average molecular weight is 284 g/mol. The van der Waals surface area contributed by atoms with E-state index < -0.39 is 0 Å². The summed E-state index contributed by atoms with van der Waals surface area (Å²) in [6.07, 6.45) is 1.75. The lowest BCUT2D eigenvalue weighted by Gasteiger charge is -2.19. The van der Waals surface area contributed by atoms with E-state index in [1.54, 1.807) is 17.5 Å². The molecule has 0 unspecified atom stereocenters. The van der Waals surface area contributed by atoms with Crippen molar-refractivity contribution in [2.75, 3.05) is 17.4 Å². The number of halogens is 1. The van der Waals surface area contributed by atoms with Crippen molar-refractivity contribution < 1.29 is 0 Å². The highest BCUT2D eigenvalue weighted by Gasteiger charge is 2.10. The summed E-state index contributed by atoms with van der Waals surface area (Å²) in [5, 5.41) is 0. The molecule has 0 fully saturated rings. The van der Waals surface area contributed by atoms with Gasteiger partial charge in [0.25, 0.3) is 0 Å². The fourth-order valence-electron chi connectivity index (χ4n) is 1.63. The number of nitrogen functional groups attached to an aromatic ring is 1. The molecule has 0 atom stereocenters. The van der Waals surface area contributed by atoms with Crippen LogP contribution in [0.1, 0.15) is 10.4 Å². The zero-order chi connectivity index (χ0) is 13.1. The summed E-state index contributed by atoms with van der Waals surface area (Å²) in [5.74, 6) is 6.57. The van der Waals surface area contributed by atoms with E-state index in [0.717, 1.165) is 22.3 Å². The maximum Gasteiger partial charge on any atom is 0.239 e. The van der Waals surface area contributed by atoms with Gasteiger partial charge in [0.2, 0.25) is 5.95 Å². The van der Waals surface area contributed by atoms with Crippen molar-refractivity contribution in [3.8, 4) is 0 Å². The molecule has 0 spiro atoms. The lowest BCUT2D eigenvalue weighted by molar-refractivity contribution is 0.894. The first-order valence-corrected chi connectivity index (χ1v) is 6.55. The zero-order valence-corrected chi connectivity index (χ0v) is 11.7. The second kappa shape index (κ2) is 5.51. The molecule has 0 aliphatic carbocycles. The first kappa shape index (κ1) is 13.1. The van der Waals surface area contributed by atoms with Gasteiger partial charge in [0.05, 0.1) is 10.9 Å². The Balaban J connectivity index is 2.20. The van der Waals surface area contributed by atoms with Crippen molar-refractivity contribution in [2.45, 2.75) is 13.5 Å². The van der Waals surface area contributed by atoms with E-state index in [1.165, 1.54) is 4.88 Å². The predicted molar refractivity (Wildman–Crippen MR) is 76.0 cm³/mol. The summed E-state index contributed by atoms with van der Waals surface area (Å²) in [4.78, 5) is 11.6. The molecule has 0 aliphatic rings. The minimum absolute atomic E-state index is 0.409. The number of nitrogens with zero attached hydrogens (tertiary/aromatic N) is 3. The molecule has 5 nitrogen and oxygen atoms in total. The Morgan fingerprint density at radius 2 is 2.28 bits per heavy atom. The summed E-state index contributed by atoms with van der Waals surface area (Å²) in [7, 11) is 1.98. The van der Waals surface area contributed by atoms with Crippen LogP contribution in [0.5, 0.6) is 0 Å². The molecule has 2 rings (SSSR count). The third-order valence-electron chi connectivity index (χ3n) is 2.46. The van der Waals surface area contributed by atoms with Crippen LogP contribution < -0.4 is 16.2 Å². The molecule has 96 valence electrons. The molecule has 0 aromatic carbocycles. The number of hydrogen-bond donors (Lipinski definition) is 2. The maximum absolute atomic E-state index is 5.92. The van der Waals surface area contributed by atoms with Gasteiger partial charge in [-0.1, -0.05) is 11.6 Å². The number of nitrogens with two attached hydrogens (primary N) is 1. The van der Waals surface area contributed by atoms with Crippen LogP contribution in [-0.2, 0) is 6.54 Å². The van der Waals surface area contributed by atoms with Crippen LogP contribution in [0.25, 0.3) is 0 Å². The number of rotatable bonds is 4. The van der Waals surface area contributed by atoms with Gasteiger partial charge in [0, 0.05) is 23.7 Å². The Morgan fingerprint density at radius 3 is 2.89 bits per heavy atom. The molecule has 0 saturated heterocycles. The quantitative estimate of drug-likeness (QED) is 0.666. The highest BCUT2D eigenvalue weighted by atomic mass is 35.5. The molecule has 0 saturated carbocycles. The van der Waals surface area contributed by atoms with Crippen LogP contribution >= 0.6 is 22.9 Å². The van der Waals surface area contributed by atoms with Crippen molar-refractivity contribution in [1.82, 2.24) is 9.97 Å². The summed E-state index contributed by atoms with van der Waals surface area (Å²) in [5.41, 5.74) is 3.45. The molecule has 0 bridgehead atoms. The van der Waals surface area contributed by atoms with Gasteiger partial charge in [-0.2, -0.15) is 4.98 Å². The monoisotopic (exact) mass is 283 g/mol. The maximum atomic E-state index is 5.92. The third-order valence-corrected chi connectivity index (χ3v) is 3.67. The van der Waals surface area contributed by atoms with E-state index in [1.807, 2.05) is 31.0 Å². The molecule has 0 aliphatic heterocycles. The van der Waals surface area contributed by atoms with Crippen molar-refractivity contribution in [1.29, 1.82) is 0 Å². The number of anilines is 2. The van der Waals surface area contributed by atoms with E-state index >= 15 is 0 Å². The Bertz CT molecular complexity index is 542. The van der Waals surface area contributed by atoms with Gasteiger partial charge < -0.3 is 4.90 Å². The summed E-state index contributed by atoms with van der Waals surface area (Å²) in [6.45, 7) is 2.72. The van der Waals surface area contributed by atoms with E-state index in [9.17, 15) is 0 Å². The van der Waals surface area contributed by atoms with Crippen LogP contribution in [0.4, 0.5) is 11.8 Å². The average Bonchev–Trinajstić information content (AvgIpc) is 2.75. The van der Waals surface area contributed by atoms with Crippen molar-refractivity contribution >= 4 is 34.7 Å². The van der Waals surface area contributed by atoms with E-state index in [2.05, 4.69) is 15.4 Å². The number of hydrogen-bond acceptors (Lipinski definition) is 6. The Kier molecular flexibility index (Phi) is 4.00. The molecule has 7 heteroatoms. The number of aromatic nitrogens is 2. The largest absolute Gasteiger partial charge is 0.354 e. The minimum Gasteiger partial charge on any atom is -0.354 e. The van der Waals surface area contributed by atoms with Crippen LogP contribution in [0.15, 0.2) is 18.3 Å². The molecule has 0 amide bonds. The lowest BCUT2D eigenvalue weighted by atomic mass is 10.3. The number of thiophene rings is 1. The normalized spacial score (nSPS) is 10.4. The second-order valence-corrected chi connectivity index (χ2v) is 5.71. The van der Waals surface area contributed by atoms with Crippen LogP contribution in [0.2, 0.25) is 4.34 Å². The predicted octanol–water partition coefficient (Wildman–Crippen LogP) is 2.42. The standard InChI is InChI=1S/C11H14ClN5S/c1-7-5-14-11(16-13)15-10(7)17(2)6-8-3-4-9(12)18-8/h3-5H,6,13H2,1-2H3,(H,14,15,16). The Hall–Kier alpha value is -1.37. The second-order valence-electron chi connectivity index (χ2n) is 3.91. The third kappa shape index (κ3) is 2.90.